The first-order valence-electron chi connectivity index (χ1n) is 5.70. The molecule has 17 heavy (non-hydrogen) atoms. The largest absolute Gasteiger partial charge is 0.353 e. The molecule has 92 valence electrons. The highest BCUT2D eigenvalue weighted by Gasteiger charge is 2.25. The maximum atomic E-state index is 12.2. The molecule has 0 aromatic carbocycles. The zero-order valence-corrected chi connectivity index (χ0v) is 10.1. The Balaban J connectivity index is 2.20. The summed E-state index contributed by atoms with van der Waals surface area (Å²) in [6.07, 6.45) is 2.43. The van der Waals surface area contributed by atoms with Gasteiger partial charge < -0.3 is 10.2 Å². The van der Waals surface area contributed by atoms with Gasteiger partial charge in [0, 0.05) is 26.3 Å². The van der Waals surface area contributed by atoms with Gasteiger partial charge in [0.15, 0.2) is 0 Å². The third-order valence-corrected chi connectivity index (χ3v) is 2.80. The second kappa shape index (κ2) is 4.57. The molecular formula is C11H16N4O2. The summed E-state index contributed by atoms with van der Waals surface area (Å²) in [6, 6.07) is 0. The molecule has 2 amide bonds. The number of amides is 2. The van der Waals surface area contributed by atoms with Gasteiger partial charge in [0.1, 0.15) is 0 Å². The lowest BCUT2D eigenvalue weighted by atomic mass is 10.1. The first-order chi connectivity index (χ1) is 8.11. The summed E-state index contributed by atoms with van der Waals surface area (Å²) < 4.78 is 1.64. The molecule has 0 bridgehead atoms. The Kier molecular flexibility index (Phi) is 3.12. The number of hydrogen-bond acceptors (Lipinski definition) is 3. The average Bonchev–Trinajstić information content (AvgIpc) is 2.69. The number of nitrogens with zero attached hydrogens (tertiary/aromatic N) is 3. The van der Waals surface area contributed by atoms with Crippen molar-refractivity contribution in [1.29, 1.82) is 0 Å². The van der Waals surface area contributed by atoms with Crippen LogP contribution in [0.3, 0.4) is 0 Å². The van der Waals surface area contributed by atoms with Crippen molar-refractivity contribution in [3.8, 4) is 0 Å². The highest BCUT2D eigenvalue weighted by atomic mass is 16.2. The number of aromatic nitrogens is 2. The van der Waals surface area contributed by atoms with Crippen LogP contribution < -0.4 is 5.32 Å². The van der Waals surface area contributed by atoms with Crippen LogP contribution >= 0.6 is 0 Å². The maximum Gasteiger partial charge on any atom is 0.257 e. The summed E-state index contributed by atoms with van der Waals surface area (Å²) in [6.45, 7) is 3.17. The molecule has 0 atom stereocenters. The number of carbonyl (C=O) groups is 2. The van der Waals surface area contributed by atoms with Crippen LogP contribution in [0.2, 0.25) is 0 Å². The first kappa shape index (κ1) is 11.6. The topological polar surface area (TPSA) is 67.2 Å². The number of rotatable bonds is 2. The average molecular weight is 236 g/mol. The van der Waals surface area contributed by atoms with E-state index in [0.29, 0.717) is 25.1 Å². The molecule has 1 aliphatic rings. The smallest absolute Gasteiger partial charge is 0.257 e. The zero-order chi connectivity index (χ0) is 12.4. The Labute approximate surface area is 99.6 Å². The van der Waals surface area contributed by atoms with Gasteiger partial charge in [0.25, 0.3) is 5.91 Å². The molecule has 0 aliphatic carbocycles. The summed E-state index contributed by atoms with van der Waals surface area (Å²) >= 11 is 0. The SMILES string of the molecule is CCc1nn(C)cc1C(=O)N1CCNC(=O)C1. The minimum atomic E-state index is -0.107. The molecule has 6 nitrogen and oxygen atoms in total. The molecule has 1 aromatic rings. The highest BCUT2D eigenvalue weighted by molar-refractivity contribution is 5.97. The van der Waals surface area contributed by atoms with Gasteiger partial charge >= 0.3 is 0 Å². The van der Waals surface area contributed by atoms with E-state index >= 15 is 0 Å². The van der Waals surface area contributed by atoms with Crippen molar-refractivity contribution >= 4 is 11.8 Å². The van der Waals surface area contributed by atoms with Crippen molar-refractivity contribution in [3.63, 3.8) is 0 Å². The van der Waals surface area contributed by atoms with E-state index in [0.717, 1.165) is 5.69 Å². The van der Waals surface area contributed by atoms with E-state index < -0.39 is 0 Å². The predicted octanol–water partition coefficient (Wildman–Crippen LogP) is -0.445. The first-order valence-corrected chi connectivity index (χ1v) is 5.70. The van der Waals surface area contributed by atoms with Gasteiger partial charge in [-0.1, -0.05) is 6.92 Å². The fraction of sp³-hybridized carbons (Fsp3) is 0.545. The number of hydrogen-bond donors (Lipinski definition) is 1. The molecule has 1 aliphatic heterocycles. The van der Waals surface area contributed by atoms with E-state index in [4.69, 9.17) is 0 Å². The fourth-order valence-electron chi connectivity index (χ4n) is 1.96. The predicted molar refractivity (Wildman–Crippen MR) is 61.5 cm³/mol. The van der Waals surface area contributed by atoms with Gasteiger partial charge in [-0.25, -0.2) is 0 Å². The third-order valence-electron chi connectivity index (χ3n) is 2.80. The second-order valence-electron chi connectivity index (χ2n) is 4.09. The molecule has 0 saturated carbocycles. The van der Waals surface area contributed by atoms with Crippen LogP contribution in [0.25, 0.3) is 0 Å². The van der Waals surface area contributed by atoms with Crippen LogP contribution in [-0.4, -0.2) is 46.1 Å². The molecular weight excluding hydrogens is 220 g/mol. The number of piperazine rings is 1. The highest BCUT2D eigenvalue weighted by Crippen LogP contribution is 2.11. The summed E-state index contributed by atoms with van der Waals surface area (Å²) in [5, 5.41) is 6.93. The summed E-state index contributed by atoms with van der Waals surface area (Å²) in [5.74, 6) is -0.212. The molecule has 0 spiro atoms. The summed E-state index contributed by atoms with van der Waals surface area (Å²) in [5.41, 5.74) is 1.38. The summed E-state index contributed by atoms with van der Waals surface area (Å²) in [7, 11) is 1.79. The van der Waals surface area contributed by atoms with Gasteiger partial charge in [0.2, 0.25) is 5.91 Å². The molecule has 6 heteroatoms. The van der Waals surface area contributed by atoms with Crippen molar-refractivity contribution < 1.29 is 9.59 Å². The number of nitrogens with one attached hydrogen (secondary N) is 1. The van der Waals surface area contributed by atoms with Crippen LogP contribution in [0, 0.1) is 0 Å². The van der Waals surface area contributed by atoms with E-state index in [-0.39, 0.29) is 18.4 Å². The molecule has 1 N–H and O–H groups in total. The number of aryl methyl sites for hydroxylation is 2. The van der Waals surface area contributed by atoms with E-state index in [1.165, 1.54) is 0 Å². The molecule has 0 unspecified atom stereocenters. The minimum absolute atomic E-state index is 0.105. The molecule has 2 rings (SSSR count). The Morgan fingerprint density at radius 3 is 3.00 bits per heavy atom. The van der Waals surface area contributed by atoms with Crippen LogP contribution in [-0.2, 0) is 18.3 Å². The molecule has 1 saturated heterocycles. The molecule has 2 heterocycles. The van der Waals surface area contributed by atoms with E-state index in [2.05, 4.69) is 10.4 Å². The fourth-order valence-corrected chi connectivity index (χ4v) is 1.96. The normalized spacial score (nSPS) is 15.9. The van der Waals surface area contributed by atoms with Crippen molar-refractivity contribution in [2.45, 2.75) is 13.3 Å². The van der Waals surface area contributed by atoms with Crippen LogP contribution in [0.5, 0.6) is 0 Å². The van der Waals surface area contributed by atoms with Gasteiger partial charge in [-0.3, -0.25) is 14.3 Å². The van der Waals surface area contributed by atoms with Crippen LogP contribution in [0.15, 0.2) is 6.20 Å². The van der Waals surface area contributed by atoms with Crippen molar-refractivity contribution in [2.24, 2.45) is 7.05 Å². The number of carbonyl (C=O) groups excluding carboxylic acids is 2. The Hall–Kier alpha value is -1.85. The zero-order valence-electron chi connectivity index (χ0n) is 10.1. The Morgan fingerprint density at radius 2 is 2.35 bits per heavy atom. The van der Waals surface area contributed by atoms with Crippen molar-refractivity contribution in [3.05, 3.63) is 17.5 Å². The Bertz CT molecular complexity index is 452. The van der Waals surface area contributed by atoms with E-state index in [1.807, 2.05) is 6.92 Å². The lowest BCUT2D eigenvalue weighted by Gasteiger charge is -2.26. The van der Waals surface area contributed by atoms with Crippen LogP contribution in [0.1, 0.15) is 23.0 Å². The maximum absolute atomic E-state index is 12.2. The van der Waals surface area contributed by atoms with Gasteiger partial charge in [-0.15, -0.1) is 0 Å². The molecule has 1 aromatic heterocycles. The molecule has 1 fully saturated rings. The Morgan fingerprint density at radius 1 is 1.59 bits per heavy atom. The molecule has 0 radical (unpaired) electrons. The van der Waals surface area contributed by atoms with Gasteiger partial charge in [-0.05, 0) is 6.42 Å². The van der Waals surface area contributed by atoms with E-state index in [9.17, 15) is 9.59 Å². The van der Waals surface area contributed by atoms with Crippen molar-refractivity contribution in [2.75, 3.05) is 19.6 Å². The van der Waals surface area contributed by atoms with Crippen LogP contribution in [0.4, 0.5) is 0 Å². The van der Waals surface area contributed by atoms with Crippen molar-refractivity contribution in [1.82, 2.24) is 20.0 Å². The van der Waals surface area contributed by atoms with E-state index in [1.54, 1.807) is 22.8 Å². The third kappa shape index (κ3) is 2.30. The summed E-state index contributed by atoms with van der Waals surface area (Å²) in [4.78, 5) is 25.0. The van der Waals surface area contributed by atoms with Gasteiger partial charge in [0.05, 0.1) is 17.8 Å². The van der Waals surface area contributed by atoms with Gasteiger partial charge in [-0.2, -0.15) is 5.10 Å². The monoisotopic (exact) mass is 236 g/mol. The lowest BCUT2D eigenvalue weighted by Crippen LogP contribution is -2.50. The minimum Gasteiger partial charge on any atom is -0.353 e. The standard InChI is InChI=1S/C11H16N4O2/c1-3-9-8(6-14(2)13-9)11(17)15-5-4-12-10(16)7-15/h6H,3-5,7H2,1-2H3,(H,12,16). The lowest BCUT2D eigenvalue weighted by molar-refractivity contribution is -0.123. The second-order valence-corrected chi connectivity index (χ2v) is 4.09. The quantitative estimate of drug-likeness (QED) is 0.756.